The molecule has 7 atom stereocenters. The van der Waals surface area contributed by atoms with Crippen LogP contribution in [0.5, 0.6) is 0 Å². The lowest BCUT2D eigenvalue weighted by Crippen LogP contribution is -2.66. The number of anilines is 2. The molecule has 66 heavy (non-hydrogen) atoms. The van der Waals surface area contributed by atoms with Crippen molar-refractivity contribution in [3.05, 3.63) is 98.1 Å². The number of aromatic amines is 1. The number of allylic oxidation sites excluding steroid dienone is 1. The average molecular weight is 911 g/mol. The Bertz CT molecular complexity index is 2840. The summed E-state index contributed by atoms with van der Waals surface area (Å²) >= 11 is 0. The van der Waals surface area contributed by atoms with Gasteiger partial charge in [0.2, 0.25) is 5.95 Å². The summed E-state index contributed by atoms with van der Waals surface area (Å²) in [7, 11) is 0. The van der Waals surface area contributed by atoms with Gasteiger partial charge in [-0.2, -0.15) is 4.98 Å². The molecule has 2 bridgehead atoms. The van der Waals surface area contributed by atoms with Gasteiger partial charge in [-0.25, -0.2) is 24.4 Å². The lowest BCUT2D eigenvalue weighted by molar-refractivity contribution is -0.233. The third-order valence-electron chi connectivity index (χ3n) is 12.8. The molecule has 4 aromatic rings. The van der Waals surface area contributed by atoms with Crippen LogP contribution in [0, 0.1) is 10.8 Å². The van der Waals surface area contributed by atoms with Gasteiger partial charge >= 0.3 is 29.8 Å². The number of esters is 3. The first kappa shape index (κ1) is 44.8. The topological polar surface area (TPSA) is 343 Å². The maximum atomic E-state index is 14.2. The zero-order valence-corrected chi connectivity index (χ0v) is 35.6. The van der Waals surface area contributed by atoms with Crippen molar-refractivity contribution in [3.63, 3.8) is 0 Å². The molecule has 2 amide bonds. The van der Waals surface area contributed by atoms with E-state index in [1.54, 1.807) is 6.92 Å². The molecule has 2 aromatic carbocycles. The molecule has 2 aromatic heterocycles. The molecule has 8 N–H and O–H groups in total. The van der Waals surface area contributed by atoms with Gasteiger partial charge in [0.15, 0.2) is 23.4 Å². The van der Waals surface area contributed by atoms with Crippen LogP contribution in [0.25, 0.3) is 11.2 Å². The fourth-order valence-electron chi connectivity index (χ4n) is 9.43. The quantitative estimate of drug-likeness (QED) is 0.0349. The molecule has 2 aliphatic heterocycles. The van der Waals surface area contributed by atoms with E-state index in [1.807, 2.05) is 13.0 Å². The van der Waals surface area contributed by atoms with Gasteiger partial charge in [-0.05, 0) is 56.2 Å². The maximum Gasteiger partial charge on any atom is 0.339 e. The Morgan fingerprint density at radius 3 is 2.24 bits per heavy atom. The maximum absolute atomic E-state index is 14.2. The normalized spacial score (nSPS) is 25.7. The Morgan fingerprint density at radius 2 is 1.59 bits per heavy atom. The van der Waals surface area contributed by atoms with Crippen molar-refractivity contribution in [2.24, 2.45) is 10.8 Å². The minimum absolute atomic E-state index is 0.00578. The summed E-state index contributed by atoms with van der Waals surface area (Å²) in [6.45, 7) is 6.16. The first-order valence-electron chi connectivity index (χ1n) is 20.4. The molecule has 1 spiro atoms. The first-order valence-corrected chi connectivity index (χ1v) is 20.4. The van der Waals surface area contributed by atoms with Gasteiger partial charge in [-0.1, -0.05) is 18.6 Å². The molecule has 1 saturated carbocycles. The van der Waals surface area contributed by atoms with Crippen LogP contribution >= 0.6 is 0 Å². The van der Waals surface area contributed by atoms with Gasteiger partial charge in [-0.3, -0.25) is 39.8 Å². The van der Waals surface area contributed by atoms with Crippen LogP contribution in [0.4, 0.5) is 11.6 Å². The fourth-order valence-corrected chi connectivity index (χ4v) is 9.43. The lowest BCUT2D eigenvalue weighted by Gasteiger charge is -2.57. The summed E-state index contributed by atoms with van der Waals surface area (Å²) in [6, 6.07) is 7.18. The largest absolute Gasteiger partial charge is 0.478 e. The number of carbonyl (C=O) groups excluding carboxylic acids is 5. The van der Waals surface area contributed by atoms with Gasteiger partial charge in [-0.15, -0.1) is 0 Å². The SMILES string of the molecule is CC(=O)OC[C@]12CCC(C)=C[C@H]1O[C@@H]1[C@H](OC(=O)c3cc(C(=O)O)c(C(=O)NNC(=O)c4ccc(NCc5cnc6nc(N)[nH]c(=O)c6n5)cc4)cc3C(=O)O)[C@@H](OC(C)=O)[C@@]2(C)[C@]12CO2. The number of epoxide rings is 1. The number of nitrogens with zero attached hydrogens (tertiary/aromatic N) is 3. The number of ether oxygens (including phenoxy) is 5. The minimum Gasteiger partial charge on any atom is -0.478 e. The predicted octanol–water partition coefficient (Wildman–Crippen LogP) is 1.68. The third-order valence-corrected chi connectivity index (χ3v) is 12.8. The summed E-state index contributed by atoms with van der Waals surface area (Å²) in [5.41, 5.74) is 4.61. The van der Waals surface area contributed by atoms with Gasteiger partial charge in [0.05, 0.1) is 58.8 Å². The number of carboxylic acid groups (broad SMARTS) is 2. The van der Waals surface area contributed by atoms with E-state index in [1.165, 1.54) is 37.4 Å². The molecule has 0 radical (unpaired) electrons. The molecule has 23 heteroatoms. The molecular formula is C43H42N8O15. The molecule has 0 unspecified atom stereocenters. The van der Waals surface area contributed by atoms with Crippen molar-refractivity contribution in [1.29, 1.82) is 0 Å². The Balaban J connectivity index is 0.997. The van der Waals surface area contributed by atoms with Crippen molar-refractivity contribution in [2.75, 3.05) is 24.3 Å². The van der Waals surface area contributed by atoms with Crippen molar-refractivity contribution in [1.82, 2.24) is 30.8 Å². The summed E-state index contributed by atoms with van der Waals surface area (Å²) in [5, 5.41) is 23.5. The number of aromatic carboxylic acids is 2. The lowest BCUT2D eigenvalue weighted by atomic mass is 9.51. The number of nitrogens with one attached hydrogen (secondary N) is 4. The Labute approximate surface area is 372 Å². The number of carboxylic acids is 2. The summed E-state index contributed by atoms with van der Waals surface area (Å²) in [5.74, 6) is -8.33. The van der Waals surface area contributed by atoms with Crippen LogP contribution in [0.2, 0.25) is 0 Å². The third kappa shape index (κ3) is 7.59. The fraction of sp³-hybridized carbons (Fsp3) is 0.372. The Morgan fingerprint density at radius 1 is 0.924 bits per heavy atom. The van der Waals surface area contributed by atoms with Gasteiger partial charge in [0.1, 0.15) is 18.3 Å². The zero-order valence-electron chi connectivity index (χ0n) is 35.6. The zero-order chi connectivity index (χ0) is 47.5. The molecule has 8 rings (SSSR count). The van der Waals surface area contributed by atoms with Crippen LogP contribution in [0.15, 0.2) is 59.0 Å². The number of aromatic nitrogens is 4. The smallest absolute Gasteiger partial charge is 0.339 e. The number of hydrazine groups is 1. The number of rotatable bonds is 12. The van der Waals surface area contributed by atoms with Crippen LogP contribution in [-0.4, -0.2) is 115 Å². The van der Waals surface area contributed by atoms with E-state index < -0.39 is 110 Å². The number of H-pyrrole nitrogens is 1. The number of amides is 2. The number of benzene rings is 2. The van der Waals surface area contributed by atoms with Crippen LogP contribution in [0.1, 0.15) is 98.0 Å². The summed E-state index contributed by atoms with van der Waals surface area (Å²) < 4.78 is 30.3. The van der Waals surface area contributed by atoms with E-state index in [-0.39, 0.29) is 42.4 Å². The van der Waals surface area contributed by atoms with Gasteiger partial charge in [0.25, 0.3) is 17.4 Å². The van der Waals surface area contributed by atoms with Crippen molar-refractivity contribution >= 4 is 64.5 Å². The molecule has 23 nitrogen and oxygen atoms in total. The van der Waals surface area contributed by atoms with Crippen LogP contribution in [-0.2, 0) is 39.8 Å². The highest BCUT2D eigenvalue weighted by atomic mass is 16.7. The van der Waals surface area contributed by atoms with Gasteiger partial charge < -0.3 is 44.9 Å². The van der Waals surface area contributed by atoms with Crippen molar-refractivity contribution < 1.29 is 67.5 Å². The molecule has 2 aliphatic carbocycles. The Hall–Kier alpha value is -7.79. The predicted molar refractivity (Wildman–Crippen MR) is 224 cm³/mol. The second-order valence-corrected chi connectivity index (χ2v) is 16.6. The van der Waals surface area contributed by atoms with Crippen LogP contribution < -0.4 is 27.5 Å². The van der Waals surface area contributed by atoms with E-state index in [9.17, 15) is 48.6 Å². The van der Waals surface area contributed by atoms with E-state index in [0.29, 0.717) is 36.4 Å². The highest BCUT2D eigenvalue weighted by Gasteiger charge is 2.86. The second kappa shape index (κ2) is 16.6. The highest BCUT2D eigenvalue weighted by molar-refractivity contribution is 6.11. The Kier molecular flexibility index (Phi) is 11.3. The standard InChI is InChI=1S/C43H42N8O15/c1-18-9-10-42(16-62-19(2)52)28(11-18)65-32-30(31(64-20(3)53)41(42,4)43(32)17-63-43)66-39(61)27-13-25(37(57)58)24(12-26(27)38(59)60)35(55)51-50-34(54)21-5-7-22(8-6-21)45-14-23-15-46-33-29(47-23)36(56)49-40(44)48-33/h5-8,11-13,15,28,30-32,45H,9-10,14,16-17H2,1-4H3,(H,50,54)(H,51,55)(H,57,58)(H,59,60)(H3,44,46,48,49,56)/t28-,30-,31-,32-,41-,42-,43+/m1/s1. The van der Waals surface area contributed by atoms with Crippen molar-refractivity contribution in [2.45, 2.75) is 77.1 Å². The number of nitrogen functional groups attached to an aromatic ring is 1. The number of hydrogen-bond acceptors (Lipinski definition) is 18. The first-order chi connectivity index (χ1) is 31.3. The molecule has 4 aliphatic rings. The molecule has 344 valence electrons. The monoisotopic (exact) mass is 910 g/mol. The number of nitrogens with two attached hydrogens (primary N) is 1. The molecule has 4 heterocycles. The van der Waals surface area contributed by atoms with E-state index in [0.717, 1.165) is 12.5 Å². The number of fused-ring (bicyclic) bond motifs is 3. The molecule has 2 saturated heterocycles. The molecular weight excluding hydrogens is 869 g/mol. The van der Waals surface area contributed by atoms with E-state index >= 15 is 0 Å². The highest BCUT2D eigenvalue weighted by Crippen LogP contribution is 2.72. The van der Waals surface area contributed by atoms with E-state index in [2.05, 4.69) is 36.1 Å². The van der Waals surface area contributed by atoms with Crippen LogP contribution in [0.3, 0.4) is 0 Å². The minimum atomic E-state index is -1.74. The molecule has 3 fully saturated rings. The number of carbonyl (C=O) groups is 7. The van der Waals surface area contributed by atoms with Gasteiger partial charge in [0, 0.05) is 30.5 Å². The average Bonchev–Trinajstić information content (AvgIpc) is 4.06. The summed E-state index contributed by atoms with van der Waals surface area (Å²) in [6.07, 6.45) is -0.283. The van der Waals surface area contributed by atoms with E-state index in [4.69, 9.17) is 29.4 Å². The second-order valence-electron chi connectivity index (χ2n) is 16.6. The van der Waals surface area contributed by atoms with Crippen molar-refractivity contribution in [3.8, 4) is 0 Å². The number of hydrogen-bond donors (Lipinski definition) is 7. The summed E-state index contributed by atoms with van der Waals surface area (Å²) in [4.78, 5) is 118.